The molecule has 1 aromatic carbocycles. The zero-order valence-electron chi connectivity index (χ0n) is 14.5. The van der Waals surface area contributed by atoms with Crippen LogP contribution in [0, 0.1) is 0 Å². The van der Waals surface area contributed by atoms with Gasteiger partial charge in [-0.05, 0) is 23.1 Å². The summed E-state index contributed by atoms with van der Waals surface area (Å²) in [7, 11) is 1.56. The van der Waals surface area contributed by atoms with E-state index in [0.29, 0.717) is 5.76 Å². The number of carboxylic acid groups (broad SMARTS) is 1. The molecule has 5 heteroatoms. The fraction of sp³-hybridized carbons (Fsp3) is 0.368. The molecule has 2 aromatic rings. The van der Waals surface area contributed by atoms with Gasteiger partial charge >= 0.3 is 5.97 Å². The number of nitrogens with zero attached hydrogens (tertiary/aromatic N) is 1. The van der Waals surface area contributed by atoms with E-state index in [-0.39, 0.29) is 30.0 Å². The minimum absolute atomic E-state index is 0.0790. The van der Waals surface area contributed by atoms with Gasteiger partial charge in [0.05, 0.1) is 6.42 Å². The molecule has 1 amide bonds. The maximum Gasteiger partial charge on any atom is 0.305 e. The third-order valence-corrected chi connectivity index (χ3v) is 3.86. The van der Waals surface area contributed by atoms with Crippen LogP contribution in [-0.4, -0.2) is 35.5 Å². The summed E-state index contributed by atoms with van der Waals surface area (Å²) in [5.41, 5.74) is 2.20. The fourth-order valence-electron chi connectivity index (χ4n) is 2.30. The Bertz CT molecular complexity index is 723. The Labute approximate surface area is 141 Å². The molecule has 1 aromatic heterocycles. The van der Waals surface area contributed by atoms with Gasteiger partial charge in [0.1, 0.15) is 5.76 Å². The molecule has 0 bridgehead atoms. The highest BCUT2D eigenvalue weighted by Gasteiger charge is 2.18. The van der Waals surface area contributed by atoms with Crippen LogP contribution in [-0.2, 0) is 10.2 Å². The van der Waals surface area contributed by atoms with Gasteiger partial charge in [0, 0.05) is 19.2 Å². The van der Waals surface area contributed by atoms with E-state index in [1.165, 1.54) is 10.5 Å². The molecule has 0 fully saturated rings. The molecule has 1 heterocycles. The van der Waals surface area contributed by atoms with Crippen molar-refractivity contribution in [3.8, 4) is 11.3 Å². The maximum absolute atomic E-state index is 12.2. The number of amides is 1. The van der Waals surface area contributed by atoms with Gasteiger partial charge < -0.3 is 14.4 Å². The van der Waals surface area contributed by atoms with E-state index in [1.807, 2.05) is 12.1 Å². The van der Waals surface area contributed by atoms with Crippen molar-refractivity contribution in [2.24, 2.45) is 0 Å². The minimum Gasteiger partial charge on any atom is -0.481 e. The van der Waals surface area contributed by atoms with E-state index >= 15 is 0 Å². The summed E-state index contributed by atoms with van der Waals surface area (Å²) < 4.78 is 5.65. The standard InChI is InChI=1S/C19H23NO4/c1-19(2,3)14-7-5-13(6-8-14)15-9-10-16(24-15)18(23)20(4)12-11-17(21)22/h5-10H,11-12H2,1-4H3,(H,21,22). The predicted molar refractivity (Wildman–Crippen MR) is 92.1 cm³/mol. The van der Waals surface area contributed by atoms with Crippen LogP contribution in [0.3, 0.4) is 0 Å². The highest BCUT2D eigenvalue weighted by atomic mass is 16.4. The summed E-state index contributed by atoms with van der Waals surface area (Å²) in [5, 5.41) is 8.69. The number of benzene rings is 1. The van der Waals surface area contributed by atoms with Crippen molar-refractivity contribution in [3.63, 3.8) is 0 Å². The van der Waals surface area contributed by atoms with Crippen LogP contribution in [0.25, 0.3) is 11.3 Å². The number of rotatable bonds is 5. The lowest BCUT2D eigenvalue weighted by molar-refractivity contribution is -0.137. The highest BCUT2D eigenvalue weighted by Crippen LogP contribution is 2.27. The Kier molecular flexibility index (Phi) is 5.12. The zero-order chi connectivity index (χ0) is 17.9. The molecule has 24 heavy (non-hydrogen) atoms. The number of hydrogen-bond acceptors (Lipinski definition) is 3. The molecule has 1 N–H and O–H groups in total. The van der Waals surface area contributed by atoms with Gasteiger partial charge in [-0.3, -0.25) is 9.59 Å². The molecule has 0 unspecified atom stereocenters. The van der Waals surface area contributed by atoms with Crippen molar-refractivity contribution in [2.75, 3.05) is 13.6 Å². The van der Waals surface area contributed by atoms with E-state index in [4.69, 9.17) is 9.52 Å². The highest BCUT2D eigenvalue weighted by molar-refractivity contribution is 5.92. The SMILES string of the molecule is CN(CCC(=O)O)C(=O)c1ccc(-c2ccc(C(C)(C)C)cc2)o1. The fourth-order valence-corrected chi connectivity index (χ4v) is 2.30. The average molecular weight is 329 g/mol. The second kappa shape index (κ2) is 6.91. The van der Waals surface area contributed by atoms with Gasteiger partial charge in [0.2, 0.25) is 0 Å². The van der Waals surface area contributed by atoms with Gasteiger partial charge in [-0.25, -0.2) is 0 Å². The summed E-state index contributed by atoms with van der Waals surface area (Å²) in [4.78, 5) is 24.2. The summed E-state index contributed by atoms with van der Waals surface area (Å²) >= 11 is 0. The molecule has 0 spiro atoms. The molecule has 0 aliphatic heterocycles. The monoisotopic (exact) mass is 329 g/mol. The Morgan fingerprint density at radius 3 is 2.25 bits per heavy atom. The Hall–Kier alpha value is -2.56. The molecule has 0 saturated heterocycles. The third kappa shape index (κ3) is 4.25. The van der Waals surface area contributed by atoms with Crippen molar-refractivity contribution in [1.82, 2.24) is 4.90 Å². The van der Waals surface area contributed by atoms with E-state index in [9.17, 15) is 9.59 Å². The Morgan fingerprint density at radius 2 is 1.71 bits per heavy atom. The van der Waals surface area contributed by atoms with Crippen molar-refractivity contribution >= 4 is 11.9 Å². The first-order valence-corrected chi connectivity index (χ1v) is 7.86. The largest absolute Gasteiger partial charge is 0.481 e. The van der Waals surface area contributed by atoms with Crippen molar-refractivity contribution < 1.29 is 19.1 Å². The van der Waals surface area contributed by atoms with E-state index in [0.717, 1.165) is 5.56 Å². The second-order valence-corrected chi connectivity index (χ2v) is 6.86. The summed E-state index contributed by atoms with van der Waals surface area (Å²) in [6.07, 6.45) is -0.0932. The number of furan rings is 1. The summed E-state index contributed by atoms with van der Waals surface area (Å²) in [5.74, 6) is -0.439. The van der Waals surface area contributed by atoms with E-state index in [1.54, 1.807) is 19.2 Å². The quantitative estimate of drug-likeness (QED) is 0.906. The molecule has 0 radical (unpaired) electrons. The Morgan fingerprint density at radius 1 is 1.08 bits per heavy atom. The van der Waals surface area contributed by atoms with Gasteiger partial charge in [0.15, 0.2) is 5.76 Å². The Balaban J connectivity index is 2.12. The topological polar surface area (TPSA) is 70.8 Å². The van der Waals surface area contributed by atoms with Gasteiger partial charge in [-0.15, -0.1) is 0 Å². The van der Waals surface area contributed by atoms with Crippen molar-refractivity contribution in [2.45, 2.75) is 32.6 Å². The normalized spacial score (nSPS) is 11.3. The first kappa shape index (κ1) is 17.8. The van der Waals surface area contributed by atoms with E-state index in [2.05, 4.69) is 32.9 Å². The maximum atomic E-state index is 12.2. The summed E-state index contributed by atoms with van der Waals surface area (Å²) in [6, 6.07) is 11.4. The lowest BCUT2D eigenvalue weighted by Gasteiger charge is -2.18. The number of carbonyl (C=O) groups is 2. The van der Waals surface area contributed by atoms with Crippen molar-refractivity contribution in [1.29, 1.82) is 0 Å². The second-order valence-electron chi connectivity index (χ2n) is 6.86. The van der Waals surface area contributed by atoms with Crippen LogP contribution in [0.1, 0.15) is 43.3 Å². The molecular weight excluding hydrogens is 306 g/mol. The third-order valence-electron chi connectivity index (χ3n) is 3.86. The van der Waals surface area contributed by atoms with E-state index < -0.39 is 5.97 Å². The van der Waals surface area contributed by atoms with Crippen molar-refractivity contribution in [3.05, 3.63) is 47.7 Å². The van der Waals surface area contributed by atoms with Gasteiger partial charge in [0.25, 0.3) is 5.91 Å². The average Bonchev–Trinajstić information content (AvgIpc) is 3.01. The molecule has 0 aliphatic carbocycles. The number of hydrogen-bond donors (Lipinski definition) is 1. The van der Waals surface area contributed by atoms with Gasteiger partial charge in [-0.1, -0.05) is 45.0 Å². The number of carbonyl (C=O) groups excluding carboxylic acids is 1. The zero-order valence-corrected chi connectivity index (χ0v) is 14.5. The number of aliphatic carboxylic acids is 1. The molecule has 5 nitrogen and oxygen atoms in total. The smallest absolute Gasteiger partial charge is 0.305 e. The molecule has 0 atom stereocenters. The lowest BCUT2D eigenvalue weighted by Crippen LogP contribution is -2.28. The van der Waals surface area contributed by atoms with Crippen LogP contribution < -0.4 is 0 Å². The van der Waals surface area contributed by atoms with Crippen LogP contribution in [0.4, 0.5) is 0 Å². The molecular formula is C19H23NO4. The van der Waals surface area contributed by atoms with Crippen LogP contribution in [0.5, 0.6) is 0 Å². The first-order valence-electron chi connectivity index (χ1n) is 7.86. The van der Waals surface area contributed by atoms with Gasteiger partial charge in [-0.2, -0.15) is 0 Å². The molecule has 128 valence electrons. The lowest BCUT2D eigenvalue weighted by atomic mass is 9.86. The van der Waals surface area contributed by atoms with Crippen LogP contribution >= 0.6 is 0 Å². The number of carboxylic acids is 1. The minimum atomic E-state index is -0.936. The molecule has 0 aliphatic rings. The van der Waals surface area contributed by atoms with Crippen LogP contribution in [0.2, 0.25) is 0 Å². The molecule has 0 saturated carbocycles. The molecule has 2 rings (SSSR count). The predicted octanol–water partition coefficient (Wildman–Crippen LogP) is 3.79. The van der Waals surface area contributed by atoms with Crippen LogP contribution in [0.15, 0.2) is 40.8 Å². The summed E-state index contributed by atoms with van der Waals surface area (Å²) in [6.45, 7) is 6.60. The first-order chi connectivity index (χ1) is 11.2.